The van der Waals surface area contributed by atoms with Crippen LogP contribution in [0.5, 0.6) is 17.2 Å². The molecule has 0 aliphatic rings. The lowest BCUT2D eigenvalue weighted by molar-refractivity contribution is -0.136. The molecule has 13 heteroatoms. The van der Waals surface area contributed by atoms with E-state index in [-0.39, 0.29) is 24.8 Å². The van der Waals surface area contributed by atoms with Crippen LogP contribution in [0.15, 0.2) is 30.5 Å². The van der Waals surface area contributed by atoms with E-state index in [0.29, 0.717) is 31.1 Å². The minimum atomic E-state index is -0.866. The largest absolute Gasteiger partial charge is 0.492 e. The number of ether oxygens (including phenoxy) is 2. The van der Waals surface area contributed by atoms with E-state index in [4.69, 9.17) is 27.5 Å². The molecule has 0 aliphatic heterocycles. The van der Waals surface area contributed by atoms with Crippen LogP contribution < -0.4 is 9.47 Å². The lowest BCUT2D eigenvalue weighted by Gasteiger charge is -2.19. The zero-order valence-electron chi connectivity index (χ0n) is 19.1. The van der Waals surface area contributed by atoms with Gasteiger partial charge in [0, 0.05) is 12.1 Å². The van der Waals surface area contributed by atoms with Gasteiger partial charge in [0.05, 0.1) is 54.0 Å². The number of carboxylic acid groups (broad SMARTS) is 1. The summed E-state index contributed by atoms with van der Waals surface area (Å²) in [5.74, 6) is 1.16. The summed E-state index contributed by atoms with van der Waals surface area (Å²) in [4.78, 5) is 11.0. The first kappa shape index (κ1) is 30.1. The van der Waals surface area contributed by atoms with Gasteiger partial charge in [-0.25, -0.2) is 4.68 Å². The lowest BCUT2D eigenvalue weighted by Crippen LogP contribution is -2.11. The highest BCUT2D eigenvalue weighted by molar-refractivity contribution is 14.1. The first-order valence-corrected chi connectivity index (χ1v) is 15.1. The predicted octanol–water partition coefficient (Wildman–Crippen LogP) is 5.64. The quantitative estimate of drug-likeness (QED) is 0.179. The molecule has 0 spiro atoms. The number of benzene rings is 2. The van der Waals surface area contributed by atoms with Crippen LogP contribution in [0.3, 0.4) is 0 Å². The van der Waals surface area contributed by atoms with Crippen molar-refractivity contribution in [2.45, 2.75) is 38.0 Å². The van der Waals surface area contributed by atoms with E-state index in [9.17, 15) is 4.79 Å². The summed E-state index contributed by atoms with van der Waals surface area (Å²) in [6.45, 7) is 2.83. The van der Waals surface area contributed by atoms with Crippen LogP contribution >= 0.6 is 90.4 Å². The third kappa shape index (κ3) is 8.55. The number of carbonyl (C=O) groups is 1. The summed E-state index contributed by atoms with van der Waals surface area (Å²) in [7, 11) is 6.35. The van der Waals surface area contributed by atoms with Gasteiger partial charge in [0.2, 0.25) is 0 Å². The molecule has 0 bridgehead atoms. The molecule has 3 aromatic rings. The number of nitrogens with zero attached hydrogens (tertiary/aromatic N) is 3. The van der Waals surface area contributed by atoms with Crippen LogP contribution in [0, 0.1) is 14.3 Å². The average Bonchev–Trinajstić information content (AvgIpc) is 3.24. The summed E-state index contributed by atoms with van der Waals surface area (Å²) in [6, 6.07) is 7.47. The van der Waals surface area contributed by atoms with Crippen molar-refractivity contribution in [2.75, 3.05) is 13.2 Å². The molecular weight excluding hydrogens is 917 g/mol. The Bertz CT molecular complexity index is 1180. The van der Waals surface area contributed by atoms with Gasteiger partial charge in [-0.05, 0) is 132 Å². The number of halogens is 4. The molecule has 2 N–H and O–H groups in total. The zero-order chi connectivity index (χ0) is 26.4. The first-order chi connectivity index (χ1) is 17.1. The van der Waals surface area contributed by atoms with E-state index in [1.165, 1.54) is 0 Å². The lowest BCUT2D eigenvalue weighted by atomic mass is 9.80. The fourth-order valence-electron chi connectivity index (χ4n) is 3.42. The van der Waals surface area contributed by atoms with E-state index in [2.05, 4.69) is 101 Å². The number of aliphatic hydroxyl groups excluding tert-OH is 1. The molecule has 2 aromatic carbocycles. The van der Waals surface area contributed by atoms with Crippen molar-refractivity contribution in [1.82, 2.24) is 15.0 Å². The molecular formula is C23H22BI4N3O5. The molecule has 2 unspecified atom stereocenters. The highest BCUT2D eigenvalue weighted by Gasteiger charge is 2.18. The smallest absolute Gasteiger partial charge is 0.307 e. The van der Waals surface area contributed by atoms with E-state index >= 15 is 0 Å². The van der Waals surface area contributed by atoms with E-state index in [1.807, 2.05) is 37.4 Å². The molecule has 0 amide bonds. The maximum atomic E-state index is 11.0. The Balaban J connectivity index is 1.63. The van der Waals surface area contributed by atoms with Crippen LogP contribution in [0.25, 0.3) is 0 Å². The van der Waals surface area contributed by atoms with Crippen molar-refractivity contribution in [2.24, 2.45) is 0 Å². The van der Waals surface area contributed by atoms with Gasteiger partial charge in [-0.2, -0.15) is 0 Å². The first-order valence-electron chi connectivity index (χ1n) is 10.8. The van der Waals surface area contributed by atoms with E-state index in [1.54, 1.807) is 4.68 Å². The molecule has 1 heterocycles. The number of aliphatic hydroxyl groups is 1. The van der Waals surface area contributed by atoms with Crippen molar-refractivity contribution in [3.8, 4) is 17.2 Å². The van der Waals surface area contributed by atoms with Crippen molar-refractivity contribution in [3.05, 3.63) is 56.0 Å². The molecule has 0 fully saturated rings. The summed E-state index contributed by atoms with van der Waals surface area (Å²) in [6.07, 6.45) is 2.49. The Morgan fingerprint density at radius 2 is 1.69 bits per heavy atom. The maximum Gasteiger partial charge on any atom is 0.307 e. The van der Waals surface area contributed by atoms with Crippen molar-refractivity contribution >= 4 is 104 Å². The number of aliphatic carboxylic acids is 1. The summed E-state index contributed by atoms with van der Waals surface area (Å²) >= 11 is 8.77. The summed E-state index contributed by atoms with van der Waals surface area (Å²) in [5, 5.41) is 26.3. The van der Waals surface area contributed by atoms with Gasteiger partial charge < -0.3 is 19.7 Å². The van der Waals surface area contributed by atoms with Crippen LogP contribution in [0.4, 0.5) is 0 Å². The molecule has 36 heavy (non-hydrogen) atoms. The Hall–Kier alpha value is -0.405. The number of carboxylic acids is 1. The molecule has 3 rings (SSSR count). The molecule has 0 saturated carbocycles. The van der Waals surface area contributed by atoms with Crippen LogP contribution in [-0.4, -0.2) is 52.2 Å². The Morgan fingerprint density at radius 1 is 1.08 bits per heavy atom. The number of aromatic nitrogens is 3. The Morgan fingerprint density at radius 3 is 2.28 bits per heavy atom. The van der Waals surface area contributed by atoms with Gasteiger partial charge in [0.1, 0.15) is 11.5 Å². The highest BCUT2D eigenvalue weighted by Crippen LogP contribution is 2.38. The molecule has 190 valence electrons. The second-order valence-electron chi connectivity index (χ2n) is 8.12. The molecule has 2 atom stereocenters. The predicted molar refractivity (Wildman–Crippen MR) is 170 cm³/mol. The van der Waals surface area contributed by atoms with Crippen LogP contribution in [0.2, 0.25) is 5.82 Å². The van der Waals surface area contributed by atoms with Crippen molar-refractivity contribution in [1.29, 1.82) is 0 Å². The van der Waals surface area contributed by atoms with Gasteiger partial charge in [0.25, 0.3) is 0 Å². The third-order valence-corrected chi connectivity index (χ3v) is 8.30. The SMILES string of the molecule is [B]C(COc1c(I)cc(Oc2c(I)cc(CC(=O)O)cc2I)cc1I)CC(C)c1cn(CCO)nn1. The topological polar surface area (TPSA) is 107 Å². The molecule has 8 nitrogen and oxygen atoms in total. The minimum Gasteiger partial charge on any atom is -0.492 e. The maximum absolute atomic E-state index is 11.0. The van der Waals surface area contributed by atoms with E-state index in [0.717, 1.165) is 31.3 Å². The second kappa shape index (κ2) is 14.1. The van der Waals surface area contributed by atoms with Gasteiger partial charge in [-0.15, -0.1) is 5.10 Å². The number of rotatable bonds is 12. The van der Waals surface area contributed by atoms with Crippen LogP contribution in [-0.2, 0) is 17.8 Å². The normalized spacial score (nSPS) is 12.8. The zero-order valence-corrected chi connectivity index (χ0v) is 27.8. The standard InChI is InChI=1S/C23H22BI4N3O5/c1-12(20-10-31(2-3-32)30-29-20)4-14(24)11-35-22-18(27)8-15(9-19(22)28)36-23-16(25)5-13(6-17(23)26)7-21(33)34/h5-6,8-10,12,14,32H,2-4,7,11H2,1H3,(H,33,34). The molecule has 0 aliphatic carbocycles. The Kier molecular flexibility index (Phi) is 11.8. The molecule has 0 saturated heterocycles. The highest BCUT2D eigenvalue weighted by atomic mass is 127. The summed E-state index contributed by atoms with van der Waals surface area (Å²) in [5.41, 5.74) is 1.57. The fraction of sp³-hybridized carbons (Fsp3) is 0.348. The third-order valence-electron chi connectivity index (χ3n) is 5.09. The van der Waals surface area contributed by atoms with E-state index < -0.39 is 5.97 Å². The average molecular weight is 939 g/mol. The van der Waals surface area contributed by atoms with Crippen molar-refractivity contribution < 1.29 is 24.5 Å². The van der Waals surface area contributed by atoms with Gasteiger partial charge in [-0.3, -0.25) is 4.79 Å². The number of hydrogen-bond donors (Lipinski definition) is 2. The van der Waals surface area contributed by atoms with Gasteiger partial charge >= 0.3 is 5.97 Å². The molecule has 1 aromatic heterocycles. The second-order valence-corrected chi connectivity index (χ2v) is 12.8. The van der Waals surface area contributed by atoms with Crippen molar-refractivity contribution in [3.63, 3.8) is 0 Å². The monoisotopic (exact) mass is 939 g/mol. The minimum absolute atomic E-state index is 0.0170. The number of hydrogen-bond acceptors (Lipinski definition) is 6. The fourth-order valence-corrected chi connectivity index (χ4v) is 7.56. The van der Waals surface area contributed by atoms with Gasteiger partial charge in [0.15, 0.2) is 5.75 Å². The van der Waals surface area contributed by atoms with Crippen LogP contribution in [0.1, 0.15) is 30.5 Å². The Labute approximate surface area is 265 Å². The van der Waals surface area contributed by atoms with Gasteiger partial charge in [-0.1, -0.05) is 12.1 Å². The summed E-state index contributed by atoms with van der Waals surface area (Å²) < 4.78 is 17.4. The molecule has 2 radical (unpaired) electrons.